The second kappa shape index (κ2) is 3.49. The number of rotatable bonds is 0. The minimum Gasteiger partial charge on any atom is -0.587 e. The quantitative estimate of drug-likeness (QED) is 0.322. The highest BCUT2D eigenvalue weighted by Crippen LogP contribution is 2.36. The summed E-state index contributed by atoms with van der Waals surface area (Å²) in [5.41, 5.74) is 12.3. The molecule has 0 spiro atoms. The molecule has 0 aromatic carbocycles. The molecule has 6 unspecified atom stereocenters. The van der Waals surface area contributed by atoms with E-state index in [-0.39, 0.29) is 36.3 Å². The largest absolute Gasteiger partial charge is 0.587 e. The summed E-state index contributed by atoms with van der Waals surface area (Å²) in [6, 6.07) is 0.882. The van der Waals surface area contributed by atoms with Crippen molar-refractivity contribution in [1.29, 1.82) is 0 Å². The number of hydrogen-bond donors (Lipinski definition) is 5. The molecule has 0 bridgehead atoms. The predicted octanol–water partition coefficient (Wildman–Crippen LogP) is -1.57. The van der Waals surface area contributed by atoms with E-state index in [1.807, 2.05) is 0 Å². The van der Waals surface area contributed by atoms with Crippen LogP contribution < -0.4 is 25.6 Å². The monoisotopic (exact) mass is 233 g/mol. The maximum absolute atomic E-state index is 6.16. The van der Waals surface area contributed by atoms with Crippen LogP contribution in [0.1, 0.15) is 0 Å². The van der Waals surface area contributed by atoms with Gasteiger partial charge in [-0.1, -0.05) is 6.04 Å². The van der Waals surface area contributed by atoms with Gasteiger partial charge in [-0.3, -0.25) is 4.72 Å². The van der Waals surface area contributed by atoms with Crippen LogP contribution in [-0.2, 0) is 0 Å². The van der Waals surface area contributed by atoms with Gasteiger partial charge in [-0.2, -0.15) is 0 Å². The smallest absolute Gasteiger partial charge is 0.0527 e. The summed E-state index contributed by atoms with van der Waals surface area (Å²) in [5, 5.41) is 0. The molecule has 7 N–H and O–H groups in total. The maximum Gasteiger partial charge on any atom is 0.0527 e. The second-order valence-corrected chi connectivity index (χ2v) is 5.18. The maximum atomic E-state index is 6.16. The van der Waals surface area contributed by atoms with E-state index in [4.69, 9.17) is 11.5 Å². The van der Waals surface area contributed by atoms with Gasteiger partial charge in [0.2, 0.25) is 0 Å². The van der Waals surface area contributed by atoms with E-state index >= 15 is 0 Å². The van der Waals surface area contributed by atoms with E-state index in [1.54, 1.807) is 0 Å². The van der Waals surface area contributed by atoms with Gasteiger partial charge in [0, 0.05) is 36.3 Å². The van der Waals surface area contributed by atoms with Crippen molar-refractivity contribution in [3.05, 3.63) is 4.72 Å². The molecule has 3 aliphatic rings. The summed E-state index contributed by atoms with van der Waals surface area (Å²) in [4.78, 5) is 0. The lowest BCUT2D eigenvalue weighted by Crippen LogP contribution is -2.71. The molecule has 2 aliphatic heterocycles. The van der Waals surface area contributed by atoms with Crippen molar-refractivity contribution < 1.29 is 0 Å². The second-order valence-electron chi connectivity index (χ2n) is 3.87. The highest BCUT2D eigenvalue weighted by atomic mass is 32.2. The van der Waals surface area contributed by atoms with Crippen molar-refractivity contribution in [2.45, 2.75) is 36.3 Å². The highest BCUT2D eigenvalue weighted by molar-refractivity contribution is 8.00. The van der Waals surface area contributed by atoms with Crippen LogP contribution in [0.4, 0.5) is 0 Å². The number of fused-ring (bicyclic) bond motifs is 2. The van der Waals surface area contributed by atoms with E-state index in [0.717, 1.165) is 0 Å². The van der Waals surface area contributed by atoms with Gasteiger partial charge in [-0.15, -0.1) is 0 Å². The molecule has 14 heavy (non-hydrogen) atoms. The lowest BCUT2D eigenvalue weighted by Gasteiger charge is -2.46. The lowest BCUT2D eigenvalue weighted by molar-refractivity contribution is 0.249. The van der Waals surface area contributed by atoms with Crippen LogP contribution in [0.5, 0.6) is 0 Å². The first-order chi connectivity index (χ1) is 6.79. The van der Waals surface area contributed by atoms with Crippen LogP contribution in [0, 0.1) is 0 Å². The third-order valence-electron chi connectivity index (χ3n) is 3.15. The van der Waals surface area contributed by atoms with Crippen LogP contribution in [0.3, 0.4) is 0 Å². The fraction of sp³-hybridized carbons (Fsp3) is 1.00. The summed E-state index contributed by atoms with van der Waals surface area (Å²) in [6.07, 6.45) is 0. The SMILES string of the molecule is NC1C2[N-]SNC2C(N)C2NSNC12. The Bertz CT molecular complexity index is 196. The van der Waals surface area contributed by atoms with Gasteiger partial charge >= 0.3 is 0 Å². The molecule has 2 heterocycles. The Morgan fingerprint density at radius 1 is 0.929 bits per heavy atom. The minimum atomic E-state index is 0.0369. The first-order valence-corrected chi connectivity index (χ1v) is 6.18. The lowest BCUT2D eigenvalue weighted by atomic mass is 9.78. The number of hydrogen-bond acceptors (Lipinski definition) is 7. The Labute approximate surface area is 91.2 Å². The Morgan fingerprint density at radius 2 is 1.64 bits per heavy atom. The molecule has 0 amide bonds. The zero-order chi connectivity index (χ0) is 9.71. The Balaban J connectivity index is 1.88. The number of nitrogens with zero attached hydrogens (tertiary/aromatic N) is 1. The van der Waals surface area contributed by atoms with Gasteiger partial charge in [-0.05, 0) is 0 Å². The van der Waals surface area contributed by atoms with Crippen LogP contribution >= 0.6 is 24.3 Å². The third kappa shape index (κ3) is 1.23. The third-order valence-corrected chi connectivity index (χ3v) is 4.65. The molecule has 6 atom stereocenters. The normalized spacial score (nSPS) is 57.0. The van der Waals surface area contributed by atoms with Gasteiger partial charge < -0.3 is 16.2 Å². The molecular weight excluding hydrogens is 220 g/mol. The van der Waals surface area contributed by atoms with E-state index in [2.05, 4.69) is 18.9 Å². The molecule has 0 radical (unpaired) electrons. The van der Waals surface area contributed by atoms with Crippen molar-refractivity contribution in [1.82, 2.24) is 14.2 Å². The topological polar surface area (TPSA) is 102 Å². The van der Waals surface area contributed by atoms with Gasteiger partial charge in [-0.25, -0.2) is 21.6 Å². The number of nitrogens with two attached hydrogens (primary N) is 2. The zero-order valence-corrected chi connectivity index (χ0v) is 9.02. The molecule has 80 valence electrons. The van der Waals surface area contributed by atoms with E-state index in [9.17, 15) is 0 Å². The van der Waals surface area contributed by atoms with E-state index in [0.29, 0.717) is 0 Å². The van der Waals surface area contributed by atoms with Crippen molar-refractivity contribution in [3.63, 3.8) is 0 Å². The van der Waals surface area contributed by atoms with Gasteiger partial charge in [0.15, 0.2) is 0 Å². The van der Waals surface area contributed by atoms with Crippen molar-refractivity contribution in [3.8, 4) is 0 Å². The van der Waals surface area contributed by atoms with Gasteiger partial charge in [0.1, 0.15) is 0 Å². The summed E-state index contributed by atoms with van der Waals surface area (Å²) in [6.45, 7) is 0. The molecular formula is C6H13N6S2-. The molecule has 1 aliphatic carbocycles. The summed E-state index contributed by atoms with van der Waals surface area (Å²) < 4.78 is 14.1. The Kier molecular flexibility index (Phi) is 2.41. The number of nitrogens with one attached hydrogen (secondary N) is 3. The van der Waals surface area contributed by atoms with E-state index in [1.165, 1.54) is 24.3 Å². The predicted molar refractivity (Wildman–Crippen MR) is 59.1 cm³/mol. The molecule has 0 aromatic heterocycles. The van der Waals surface area contributed by atoms with Gasteiger partial charge in [0.05, 0.1) is 6.04 Å². The molecule has 3 fully saturated rings. The fourth-order valence-corrected chi connectivity index (χ4v) is 4.11. The minimum absolute atomic E-state index is 0.0369. The molecule has 0 aromatic rings. The van der Waals surface area contributed by atoms with Gasteiger partial charge in [0.25, 0.3) is 0 Å². The molecule has 1 saturated carbocycles. The fourth-order valence-electron chi connectivity index (χ4n) is 2.29. The first kappa shape index (κ1) is 9.67. The van der Waals surface area contributed by atoms with Crippen LogP contribution in [0.25, 0.3) is 4.72 Å². The molecule has 6 nitrogen and oxygen atoms in total. The Morgan fingerprint density at radius 3 is 2.43 bits per heavy atom. The average molecular weight is 233 g/mol. The molecule has 3 rings (SSSR count). The van der Waals surface area contributed by atoms with Crippen LogP contribution in [0.2, 0.25) is 0 Å². The first-order valence-electron chi connectivity index (χ1n) is 4.59. The standard InChI is InChI=1S/C6H13N6S2/c7-1-3-5(11-13-9-3)2(8)6-4(1)10-14-12-6/h1-6,9-11H,7-8H2/q-1. The van der Waals surface area contributed by atoms with Crippen LogP contribution in [0.15, 0.2) is 0 Å². The van der Waals surface area contributed by atoms with Crippen LogP contribution in [-0.4, -0.2) is 36.3 Å². The Hall–Kier alpha value is 0.460. The summed E-state index contributed by atoms with van der Waals surface area (Å²) >= 11 is 2.87. The van der Waals surface area contributed by atoms with Crippen molar-refractivity contribution in [2.24, 2.45) is 11.5 Å². The van der Waals surface area contributed by atoms with E-state index < -0.39 is 0 Å². The molecule has 2 saturated heterocycles. The summed E-state index contributed by atoms with van der Waals surface area (Å²) in [5.74, 6) is 0. The molecule has 8 heteroatoms. The zero-order valence-electron chi connectivity index (χ0n) is 7.38. The highest BCUT2D eigenvalue weighted by Gasteiger charge is 2.48. The van der Waals surface area contributed by atoms with Crippen molar-refractivity contribution >= 4 is 24.3 Å². The average Bonchev–Trinajstić information content (AvgIpc) is 2.82. The summed E-state index contributed by atoms with van der Waals surface area (Å²) in [7, 11) is 0. The van der Waals surface area contributed by atoms with Crippen molar-refractivity contribution in [2.75, 3.05) is 0 Å².